The summed E-state index contributed by atoms with van der Waals surface area (Å²) in [5, 5.41) is 8.75. The van der Waals surface area contributed by atoms with Crippen molar-refractivity contribution >= 4 is 17.6 Å². The fourth-order valence-electron chi connectivity index (χ4n) is 1.40. The topological polar surface area (TPSA) is 63.1 Å². The molecule has 0 aliphatic carbocycles. The number of hydrogen-bond donors (Lipinski definition) is 1. The van der Waals surface area contributed by atoms with E-state index >= 15 is 0 Å². The summed E-state index contributed by atoms with van der Waals surface area (Å²) in [6.45, 7) is 0. The lowest BCUT2D eigenvalue weighted by Crippen LogP contribution is -2.04. The van der Waals surface area contributed by atoms with Crippen LogP contribution in [0, 0.1) is 0 Å². The molecule has 5 heteroatoms. The van der Waals surface area contributed by atoms with E-state index in [1.54, 1.807) is 0 Å². The highest BCUT2D eigenvalue weighted by Gasteiger charge is 2.11. The first-order valence-electron chi connectivity index (χ1n) is 4.95. The van der Waals surface area contributed by atoms with Gasteiger partial charge in [0.2, 0.25) is 0 Å². The maximum absolute atomic E-state index is 10.7. The molecule has 1 heterocycles. The quantitative estimate of drug-likeness (QED) is 0.848. The van der Waals surface area contributed by atoms with Crippen LogP contribution in [0.4, 0.5) is 0 Å². The maximum atomic E-state index is 10.7. The van der Waals surface area contributed by atoms with Crippen LogP contribution in [0.2, 0.25) is 5.15 Å². The number of carboxylic acids is 1. The van der Waals surface area contributed by atoms with Crippen LogP contribution in [-0.2, 0) is 6.42 Å². The van der Waals surface area contributed by atoms with E-state index in [4.69, 9.17) is 16.7 Å². The molecule has 1 aromatic heterocycles. The Morgan fingerprint density at radius 2 is 2.00 bits per heavy atom. The average Bonchev–Trinajstić information content (AvgIpc) is 2.30. The zero-order valence-electron chi connectivity index (χ0n) is 8.80. The van der Waals surface area contributed by atoms with Crippen LogP contribution >= 0.6 is 11.6 Å². The summed E-state index contributed by atoms with van der Waals surface area (Å²) in [5.74, 6) is -0.618. The molecule has 0 aliphatic rings. The molecule has 0 amide bonds. The standard InChI is InChI=1S/C12H9ClN2O2/c13-11-9(12(16)17)7-14-10(15-11)6-8-4-2-1-3-5-8/h1-5,7H,6H2,(H,16,17). The number of carbonyl (C=O) groups is 1. The summed E-state index contributed by atoms with van der Waals surface area (Å²) in [6.07, 6.45) is 1.76. The summed E-state index contributed by atoms with van der Waals surface area (Å²) in [4.78, 5) is 18.7. The first-order valence-corrected chi connectivity index (χ1v) is 5.33. The van der Waals surface area contributed by atoms with Gasteiger partial charge < -0.3 is 5.11 Å². The summed E-state index contributed by atoms with van der Waals surface area (Å²) in [5.41, 5.74) is 0.968. The number of benzene rings is 1. The fourth-order valence-corrected chi connectivity index (χ4v) is 1.63. The molecular weight excluding hydrogens is 240 g/mol. The Morgan fingerprint density at radius 3 is 2.59 bits per heavy atom. The van der Waals surface area contributed by atoms with Crippen molar-refractivity contribution in [3.8, 4) is 0 Å². The number of halogens is 1. The molecule has 86 valence electrons. The minimum atomic E-state index is -1.12. The van der Waals surface area contributed by atoms with Crippen LogP contribution in [-0.4, -0.2) is 21.0 Å². The summed E-state index contributed by atoms with van der Waals surface area (Å²) >= 11 is 5.76. The molecular formula is C12H9ClN2O2. The Hall–Kier alpha value is -1.94. The van der Waals surface area contributed by atoms with Gasteiger partial charge in [0, 0.05) is 12.6 Å². The van der Waals surface area contributed by atoms with Crippen LogP contribution in [0.15, 0.2) is 36.5 Å². The monoisotopic (exact) mass is 248 g/mol. The highest BCUT2D eigenvalue weighted by molar-refractivity contribution is 6.32. The lowest BCUT2D eigenvalue weighted by molar-refractivity contribution is 0.0696. The van der Waals surface area contributed by atoms with Gasteiger partial charge in [0.25, 0.3) is 0 Å². The van der Waals surface area contributed by atoms with Crippen molar-refractivity contribution in [2.24, 2.45) is 0 Å². The van der Waals surface area contributed by atoms with Gasteiger partial charge in [-0.15, -0.1) is 0 Å². The summed E-state index contributed by atoms with van der Waals surface area (Å²) in [6, 6.07) is 9.65. The largest absolute Gasteiger partial charge is 0.478 e. The Labute approximate surface area is 103 Å². The molecule has 1 aromatic carbocycles. The van der Waals surface area contributed by atoms with Crippen molar-refractivity contribution in [1.82, 2.24) is 9.97 Å². The minimum Gasteiger partial charge on any atom is -0.478 e. The number of carboxylic acid groups (broad SMARTS) is 1. The Balaban J connectivity index is 2.24. The van der Waals surface area contributed by atoms with E-state index in [0.29, 0.717) is 12.2 Å². The normalized spacial score (nSPS) is 10.2. The van der Waals surface area contributed by atoms with Crippen LogP contribution in [0.5, 0.6) is 0 Å². The second kappa shape index (κ2) is 4.93. The number of aromatic carboxylic acids is 1. The van der Waals surface area contributed by atoms with E-state index in [2.05, 4.69) is 9.97 Å². The van der Waals surface area contributed by atoms with E-state index in [0.717, 1.165) is 5.56 Å². The van der Waals surface area contributed by atoms with E-state index < -0.39 is 5.97 Å². The van der Waals surface area contributed by atoms with E-state index in [9.17, 15) is 4.79 Å². The second-order valence-corrected chi connectivity index (χ2v) is 3.82. The van der Waals surface area contributed by atoms with Gasteiger partial charge in [-0.05, 0) is 5.56 Å². The summed E-state index contributed by atoms with van der Waals surface area (Å²) < 4.78 is 0. The van der Waals surface area contributed by atoms with Gasteiger partial charge >= 0.3 is 5.97 Å². The van der Waals surface area contributed by atoms with Gasteiger partial charge in [0.05, 0.1) is 0 Å². The minimum absolute atomic E-state index is 0.0292. The zero-order valence-corrected chi connectivity index (χ0v) is 9.55. The number of hydrogen-bond acceptors (Lipinski definition) is 3. The number of rotatable bonds is 3. The molecule has 4 nitrogen and oxygen atoms in total. The smallest absolute Gasteiger partial charge is 0.340 e. The SMILES string of the molecule is O=C(O)c1cnc(Cc2ccccc2)nc1Cl. The van der Waals surface area contributed by atoms with Gasteiger partial charge in [-0.1, -0.05) is 41.9 Å². The highest BCUT2D eigenvalue weighted by atomic mass is 35.5. The predicted octanol–water partition coefficient (Wildman–Crippen LogP) is 2.42. The third kappa shape index (κ3) is 2.79. The van der Waals surface area contributed by atoms with Crippen molar-refractivity contribution in [2.45, 2.75) is 6.42 Å². The van der Waals surface area contributed by atoms with Crippen molar-refractivity contribution in [3.05, 3.63) is 58.6 Å². The average molecular weight is 249 g/mol. The lowest BCUT2D eigenvalue weighted by atomic mass is 10.1. The van der Waals surface area contributed by atoms with Crippen molar-refractivity contribution in [2.75, 3.05) is 0 Å². The van der Waals surface area contributed by atoms with Gasteiger partial charge in [0.1, 0.15) is 16.5 Å². The number of nitrogens with zero attached hydrogens (tertiary/aromatic N) is 2. The van der Waals surface area contributed by atoms with E-state index in [1.165, 1.54) is 6.20 Å². The number of aromatic nitrogens is 2. The van der Waals surface area contributed by atoms with Gasteiger partial charge in [-0.3, -0.25) is 0 Å². The Kier molecular flexibility index (Phi) is 3.35. The molecule has 1 N–H and O–H groups in total. The fraction of sp³-hybridized carbons (Fsp3) is 0.0833. The van der Waals surface area contributed by atoms with Crippen LogP contribution < -0.4 is 0 Å². The first kappa shape index (κ1) is 11.5. The lowest BCUT2D eigenvalue weighted by Gasteiger charge is -2.02. The van der Waals surface area contributed by atoms with Crippen LogP contribution in [0.25, 0.3) is 0 Å². The molecule has 2 aromatic rings. The summed E-state index contributed by atoms with van der Waals surface area (Å²) in [7, 11) is 0. The van der Waals surface area contributed by atoms with E-state index in [1.807, 2.05) is 30.3 Å². The Morgan fingerprint density at radius 1 is 1.29 bits per heavy atom. The second-order valence-electron chi connectivity index (χ2n) is 3.46. The predicted molar refractivity (Wildman–Crippen MR) is 63.2 cm³/mol. The molecule has 17 heavy (non-hydrogen) atoms. The van der Waals surface area contributed by atoms with Crippen molar-refractivity contribution in [1.29, 1.82) is 0 Å². The van der Waals surface area contributed by atoms with Crippen molar-refractivity contribution < 1.29 is 9.90 Å². The van der Waals surface area contributed by atoms with Gasteiger partial charge in [0.15, 0.2) is 0 Å². The third-order valence-electron chi connectivity index (χ3n) is 2.23. The third-order valence-corrected chi connectivity index (χ3v) is 2.52. The molecule has 0 atom stereocenters. The van der Waals surface area contributed by atoms with Gasteiger partial charge in [-0.2, -0.15) is 0 Å². The van der Waals surface area contributed by atoms with Crippen LogP contribution in [0.1, 0.15) is 21.7 Å². The molecule has 0 radical (unpaired) electrons. The zero-order chi connectivity index (χ0) is 12.3. The molecule has 0 aliphatic heterocycles. The van der Waals surface area contributed by atoms with Crippen molar-refractivity contribution in [3.63, 3.8) is 0 Å². The van der Waals surface area contributed by atoms with Gasteiger partial charge in [-0.25, -0.2) is 14.8 Å². The molecule has 0 saturated heterocycles. The Bertz CT molecular complexity index is 543. The maximum Gasteiger partial charge on any atom is 0.340 e. The first-order chi connectivity index (χ1) is 8.16. The molecule has 0 unspecified atom stereocenters. The highest BCUT2D eigenvalue weighted by Crippen LogP contribution is 2.13. The molecule has 0 spiro atoms. The molecule has 0 fully saturated rings. The van der Waals surface area contributed by atoms with Crippen LogP contribution in [0.3, 0.4) is 0 Å². The van der Waals surface area contributed by atoms with E-state index in [-0.39, 0.29) is 10.7 Å². The molecule has 0 saturated carbocycles. The molecule has 0 bridgehead atoms. The molecule has 2 rings (SSSR count).